The minimum atomic E-state index is 0.0766. The van der Waals surface area contributed by atoms with Crippen LogP contribution in [0.4, 0.5) is 5.69 Å². The van der Waals surface area contributed by atoms with E-state index >= 15 is 0 Å². The van der Waals surface area contributed by atoms with E-state index < -0.39 is 0 Å². The molecule has 0 spiro atoms. The van der Waals surface area contributed by atoms with Crippen molar-refractivity contribution in [2.45, 2.75) is 18.9 Å². The number of aromatic hydroxyl groups is 1. The van der Waals surface area contributed by atoms with Gasteiger partial charge in [0.2, 0.25) is 0 Å². The Morgan fingerprint density at radius 3 is 2.35 bits per heavy atom. The molecule has 3 heteroatoms. The molecule has 3 nitrogen and oxygen atoms in total. The lowest BCUT2D eigenvalue weighted by molar-refractivity contribution is 0.397. The number of fused-ring (bicyclic) bond motifs is 1. The summed E-state index contributed by atoms with van der Waals surface area (Å²) in [4.78, 5) is 0. The Hall–Kier alpha value is -2.94. The number of rotatable bonds is 3. The number of benzene rings is 3. The number of nitrogens with one attached hydrogen (secondary N) is 1. The minimum Gasteiger partial charge on any atom is -0.508 e. The fourth-order valence-corrected chi connectivity index (χ4v) is 4.08. The molecule has 0 aliphatic carbocycles. The molecule has 4 rings (SSSR count). The van der Waals surface area contributed by atoms with Gasteiger partial charge in [-0.15, -0.1) is 0 Å². The Kier molecular flexibility index (Phi) is 4.29. The van der Waals surface area contributed by atoms with Gasteiger partial charge in [0, 0.05) is 17.2 Å². The van der Waals surface area contributed by atoms with Crippen LogP contribution in [0.1, 0.15) is 35.6 Å². The Morgan fingerprint density at radius 1 is 0.885 bits per heavy atom. The molecular weight excluding hydrogens is 322 g/mol. The second-order valence-corrected chi connectivity index (χ2v) is 6.88. The van der Waals surface area contributed by atoms with Crippen molar-refractivity contribution in [1.82, 2.24) is 0 Å². The first-order valence-electron chi connectivity index (χ1n) is 8.96. The summed E-state index contributed by atoms with van der Waals surface area (Å²) in [5.41, 5.74) is 4.45. The molecule has 0 amide bonds. The zero-order chi connectivity index (χ0) is 18.1. The highest BCUT2D eigenvalue weighted by Gasteiger charge is 2.36. The van der Waals surface area contributed by atoms with E-state index in [-0.39, 0.29) is 17.9 Å². The molecule has 0 bridgehead atoms. The van der Waals surface area contributed by atoms with Crippen molar-refractivity contribution in [2.24, 2.45) is 5.92 Å². The third-order valence-corrected chi connectivity index (χ3v) is 5.39. The molecular formula is C23H23NO2. The molecule has 132 valence electrons. The van der Waals surface area contributed by atoms with Crippen LogP contribution in [0.5, 0.6) is 11.5 Å². The normalized spacial score (nSPS) is 21.5. The predicted octanol–water partition coefficient (Wildman–Crippen LogP) is 5.34. The summed E-state index contributed by atoms with van der Waals surface area (Å²) in [5, 5.41) is 14.2. The average Bonchev–Trinajstić information content (AvgIpc) is 2.69. The fraction of sp³-hybridized carbons (Fsp3) is 0.217. The van der Waals surface area contributed by atoms with Gasteiger partial charge in [-0.1, -0.05) is 55.5 Å². The van der Waals surface area contributed by atoms with Crippen LogP contribution in [0, 0.1) is 5.92 Å². The predicted molar refractivity (Wildman–Crippen MR) is 105 cm³/mol. The quantitative estimate of drug-likeness (QED) is 0.673. The van der Waals surface area contributed by atoms with Crippen molar-refractivity contribution in [3.8, 4) is 11.5 Å². The molecule has 0 unspecified atom stereocenters. The van der Waals surface area contributed by atoms with Crippen molar-refractivity contribution in [3.63, 3.8) is 0 Å². The van der Waals surface area contributed by atoms with Crippen molar-refractivity contribution >= 4 is 5.69 Å². The second-order valence-electron chi connectivity index (χ2n) is 6.88. The number of phenolic OH excluding ortho intramolecular Hbond substituents is 1. The van der Waals surface area contributed by atoms with Crippen LogP contribution in [-0.4, -0.2) is 12.2 Å². The summed E-state index contributed by atoms with van der Waals surface area (Å²) < 4.78 is 5.45. The molecule has 0 saturated heterocycles. The van der Waals surface area contributed by atoms with Gasteiger partial charge in [0.25, 0.3) is 0 Å². The van der Waals surface area contributed by atoms with E-state index in [9.17, 15) is 5.11 Å². The van der Waals surface area contributed by atoms with Crippen LogP contribution in [0.15, 0.2) is 72.8 Å². The molecule has 3 atom stereocenters. The summed E-state index contributed by atoms with van der Waals surface area (Å²) in [6.07, 6.45) is 0. The maximum absolute atomic E-state index is 10.5. The Morgan fingerprint density at radius 2 is 1.62 bits per heavy atom. The molecule has 26 heavy (non-hydrogen) atoms. The molecule has 1 heterocycles. The van der Waals surface area contributed by atoms with Crippen LogP contribution >= 0.6 is 0 Å². The lowest BCUT2D eigenvalue weighted by Gasteiger charge is -2.40. The largest absolute Gasteiger partial charge is 0.508 e. The Labute approximate surface area is 154 Å². The number of hydrogen-bond acceptors (Lipinski definition) is 3. The standard InChI is InChI=1S/C23H23NO2/c1-15-22(18-10-6-7-11-21(18)25)19-14-17(26-2)12-13-20(19)24-23(15)16-8-4-3-5-9-16/h3-15,22-25H,1-2H3/t15-,22+,23-/m0/s1. The highest BCUT2D eigenvalue weighted by atomic mass is 16.5. The van der Waals surface area contributed by atoms with Crippen LogP contribution in [-0.2, 0) is 0 Å². The summed E-state index contributed by atoms with van der Waals surface area (Å²) in [6.45, 7) is 2.24. The van der Waals surface area contributed by atoms with E-state index in [2.05, 4.69) is 48.6 Å². The average molecular weight is 345 g/mol. The molecule has 2 N–H and O–H groups in total. The first-order chi connectivity index (χ1) is 12.7. The highest BCUT2D eigenvalue weighted by Crippen LogP contribution is 2.50. The molecule has 1 aliphatic rings. The summed E-state index contributed by atoms with van der Waals surface area (Å²) in [7, 11) is 1.68. The molecule has 1 aliphatic heterocycles. The van der Waals surface area contributed by atoms with Crippen LogP contribution < -0.4 is 10.1 Å². The van der Waals surface area contributed by atoms with E-state index in [0.717, 1.165) is 22.6 Å². The maximum atomic E-state index is 10.5. The van der Waals surface area contributed by atoms with E-state index in [1.54, 1.807) is 13.2 Å². The molecule has 0 aromatic heterocycles. The van der Waals surface area contributed by atoms with Gasteiger partial charge in [-0.2, -0.15) is 0 Å². The van der Waals surface area contributed by atoms with Crippen molar-refractivity contribution < 1.29 is 9.84 Å². The van der Waals surface area contributed by atoms with Crippen LogP contribution in [0.3, 0.4) is 0 Å². The summed E-state index contributed by atoms with van der Waals surface area (Å²) in [5.74, 6) is 1.50. The first kappa shape index (κ1) is 16.5. The number of anilines is 1. The first-order valence-corrected chi connectivity index (χ1v) is 8.96. The molecule has 0 radical (unpaired) electrons. The van der Waals surface area contributed by atoms with E-state index in [1.165, 1.54) is 5.56 Å². The van der Waals surface area contributed by atoms with Gasteiger partial charge >= 0.3 is 0 Å². The highest BCUT2D eigenvalue weighted by molar-refractivity contribution is 5.63. The van der Waals surface area contributed by atoms with Crippen molar-refractivity contribution in [3.05, 3.63) is 89.5 Å². The number of phenols is 1. The SMILES string of the molecule is COc1ccc2c(c1)[C@@H](c1ccccc1O)[C@H](C)[C@@H](c1ccccc1)N2. The topological polar surface area (TPSA) is 41.5 Å². The van der Waals surface area contributed by atoms with E-state index in [1.807, 2.05) is 30.3 Å². The van der Waals surface area contributed by atoms with Gasteiger partial charge in [0.05, 0.1) is 13.2 Å². The molecule has 3 aromatic carbocycles. The van der Waals surface area contributed by atoms with Gasteiger partial charge in [0.1, 0.15) is 11.5 Å². The lowest BCUT2D eigenvalue weighted by Crippen LogP contribution is -2.30. The monoisotopic (exact) mass is 345 g/mol. The molecule has 3 aromatic rings. The number of hydrogen-bond donors (Lipinski definition) is 2. The lowest BCUT2D eigenvalue weighted by atomic mass is 9.72. The second kappa shape index (κ2) is 6.75. The maximum Gasteiger partial charge on any atom is 0.119 e. The van der Waals surface area contributed by atoms with Crippen molar-refractivity contribution in [2.75, 3.05) is 12.4 Å². The zero-order valence-corrected chi connectivity index (χ0v) is 15.0. The van der Waals surface area contributed by atoms with Gasteiger partial charge in [0.15, 0.2) is 0 Å². The van der Waals surface area contributed by atoms with E-state index in [4.69, 9.17) is 4.74 Å². The van der Waals surface area contributed by atoms with Gasteiger partial charge in [-0.25, -0.2) is 0 Å². The van der Waals surface area contributed by atoms with Crippen LogP contribution in [0.2, 0.25) is 0 Å². The fourth-order valence-electron chi connectivity index (χ4n) is 4.08. The van der Waals surface area contributed by atoms with Gasteiger partial charge in [-0.05, 0) is 41.3 Å². The number of para-hydroxylation sites is 1. The van der Waals surface area contributed by atoms with Crippen molar-refractivity contribution in [1.29, 1.82) is 0 Å². The minimum absolute atomic E-state index is 0.0766. The third kappa shape index (κ3) is 2.80. The number of methoxy groups -OCH3 is 1. The smallest absolute Gasteiger partial charge is 0.119 e. The van der Waals surface area contributed by atoms with E-state index in [0.29, 0.717) is 5.75 Å². The summed E-state index contributed by atoms with van der Waals surface area (Å²) in [6, 6.07) is 24.4. The molecule has 0 fully saturated rings. The zero-order valence-electron chi connectivity index (χ0n) is 15.0. The third-order valence-electron chi connectivity index (χ3n) is 5.39. The number of ether oxygens (including phenoxy) is 1. The van der Waals surface area contributed by atoms with Gasteiger partial charge < -0.3 is 15.2 Å². The van der Waals surface area contributed by atoms with Crippen LogP contribution in [0.25, 0.3) is 0 Å². The van der Waals surface area contributed by atoms with Gasteiger partial charge in [-0.3, -0.25) is 0 Å². The Balaban J connectivity index is 1.88. The Bertz CT molecular complexity index is 907. The molecule has 0 saturated carbocycles. The summed E-state index contributed by atoms with van der Waals surface area (Å²) >= 11 is 0.